The van der Waals surface area contributed by atoms with Crippen molar-refractivity contribution in [1.82, 2.24) is 0 Å². The normalized spacial score (nSPS) is 11.6. The lowest BCUT2D eigenvalue weighted by molar-refractivity contribution is 1.45. The molecule has 0 amide bonds. The predicted octanol–water partition coefficient (Wildman–Crippen LogP) is 10.0. The fraction of sp³-hybridized carbons (Fsp3) is 0.0625. The molecule has 0 bridgehead atoms. The van der Waals surface area contributed by atoms with Gasteiger partial charge in [-0.3, -0.25) is 0 Å². The fourth-order valence-corrected chi connectivity index (χ4v) is 5.73. The lowest BCUT2D eigenvalue weighted by atomic mass is 9.98. The van der Waals surface area contributed by atoms with E-state index >= 15 is 0 Å². The van der Waals surface area contributed by atoms with Crippen molar-refractivity contribution >= 4 is 80.1 Å². The molecule has 0 heterocycles. The summed E-state index contributed by atoms with van der Waals surface area (Å²) in [5.41, 5.74) is 4.70. The zero-order valence-electron chi connectivity index (χ0n) is 19.5. The van der Waals surface area contributed by atoms with Crippen molar-refractivity contribution < 1.29 is 0 Å². The first-order valence-corrected chi connectivity index (χ1v) is 13.7. The van der Waals surface area contributed by atoms with Gasteiger partial charge in [0.1, 0.15) is 0 Å². The van der Waals surface area contributed by atoms with Gasteiger partial charge in [-0.1, -0.05) is 61.7 Å². The summed E-state index contributed by atoms with van der Waals surface area (Å²) in [5.74, 6) is 0. The van der Waals surface area contributed by atoms with Crippen LogP contribution in [-0.2, 0) is 0 Å². The lowest BCUT2D eigenvalue weighted by Crippen LogP contribution is -1.87. The molecule has 0 fully saturated rings. The molecular weight excluding hydrogens is 448 g/mol. The van der Waals surface area contributed by atoms with Gasteiger partial charge < -0.3 is 0 Å². The van der Waals surface area contributed by atoms with Gasteiger partial charge in [-0.25, -0.2) is 0 Å². The van der Waals surface area contributed by atoms with E-state index in [4.69, 9.17) is 0 Å². The summed E-state index contributed by atoms with van der Waals surface area (Å²) >= 11 is 3.58. The van der Waals surface area contributed by atoms with Gasteiger partial charge in [-0.15, -0.1) is 23.5 Å². The number of benzene rings is 5. The zero-order chi connectivity index (χ0) is 23.7. The molecule has 0 radical (unpaired) electrons. The zero-order valence-corrected chi connectivity index (χ0v) is 21.1. The first kappa shape index (κ1) is 22.6. The highest BCUT2D eigenvalue weighted by Gasteiger charge is 2.08. The van der Waals surface area contributed by atoms with E-state index in [1.165, 1.54) is 53.2 Å². The molecule has 0 saturated carbocycles. The van der Waals surface area contributed by atoms with E-state index < -0.39 is 0 Å². The highest BCUT2D eigenvalue weighted by molar-refractivity contribution is 7.99. The third-order valence-corrected chi connectivity index (χ3v) is 7.91. The molecule has 0 nitrogen and oxygen atoms in total. The molecule has 0 N–H and O–H groups in total. The standard InChI is InChI=1S/C32H26S2/c1-5-21-13-27-17-25(31(33-3)19-29(27)14-22(21)6-2)11-12-26-18-28-15-23-9-7-8-10-24(23)16-30(28)20-32(26)34-4/h5-20H,1-2H2,3-4H3/b12-11+. The van der Waals surface area contributed by atoms with Crippen molar-refractivity contribution in [3.05, 3.63) is 108 Å². The first-order valence-electron chi connectivity index (χ1n) is 11.2. The summed E-state index contributed by atoms with van der Waals surface area (Å²) in [6, 6.07) is 26.8. The van der Waals surface area contributed by atoms with Crippen LogP contribution in [-0.4, -0.2) is 12.5 Å². The molecule has 0 saturated heterocycles. The predicted molar refractivity (Wildman–Crippen MR) is 158 cm³/mol. The molecule has 0 aliphatic heterocycles. The number of hydrogen-bond donors (Lipinski definition) is 0. The van der Waals surface area contributed by atoms with Crippen LogP contribution >= 0.6 is 23.5 Å². The Labute approximate surface area is 210 Å². The van der Waals surface area contributed by atoms with Crippen molar-refractivity contribution in [1.29, 1.82) is 0 Å². The van der Waals surface area contributed by atoms with Crippen LogP contribution in [0, 0.1) is 0 Å². The second-order valence-corrected chi connectivity index (χ2v) is 10.0. The van der Waals surface area contributed by atoms with Crippen LogP contribution in [0.5, 0.6) is 0 Å². The minimum Gasteiger partial charge on any atom is -0.129 e. The summed E-state index contributed by atoms with van der Waals surface area (Å²) in [6.07, 6.45) is 12.6. The quantitative estimate of drug-likeness (QED) is 0.136. The lowest BCUT2D eigenvalue weighted by Gasteiger charge is -2.11. The second kappa shape index (κ2) is 9.58. The number of rotatable bonds is 6. The molecule has 166 valence electrons. The monoisotopic (exact) mass is 474 g/mol. The van der Waals surface area contributed by atoms with Gasteiger partial charge in [0.2, 0.25) is 0 Å². The molecule has 0 aliphatic carbocycles. The van der Waals surface area contributed by atoms with E-state index in [1.807, 2.05) is 12.2 Å². The Morgan fingerprint density at radius 3 is 1.32 bits per heavy atom. The van der Waals surface area contributed by atoms with Crippen molar-refractivity contribution in [3.8, 4) is 0 Å². The van der Waals surface area contributed by atoms with Crippen LogP contribution in [0.1, 0.15) is 22.3 Å². The van der Waals surface area contributed by atoms with E-state index in [0.717, 1.165) is 11.1 Å². The molecule has 2 heteroatoms. The molecular formula is C32H26S2. The molecule has 0 aliphatic rings. The minimum absolute atomic E-state index is 1.11. The smallest absolute Gasteiger partial charge is 0.0148 e. The highest BCUT2D eigenvalue weighted by Crippen LogP contribution is 2.33. The molecule has 0 unspecified atom stereocenters. The Kier molecular flexibility index (Phi) is 6.36. The fourth-order valence-electron chi connectivity index (χ4n) is 4.52. The second-order valence-electron chi connectivity index (χ2n) is 8.30. The van der Waals surface area contributed by atoms with E-state index in [1.54, 1.807) is 23.5 Å². The third-order valence-electron chi connectivity index (χ3n) is 6.33. The summed E-state index contributed by atoms with van der Waals surface area (Å²) in [7, 11) is 0. The molecule has 0 spiro atoms. The van der Waals surface area contributed by atoms with Gasteiger partial charge in [0.05, 0.1) is 0 Å². The van der Waals surface area contributed by atoms with Gasteiger partial charge in [0.25, 0.3) is 0 Å². The highest BCUT2D eigenvalue weighted by atomic mass is 32.2. The van der Waals surface area contributed by atoms with Gasteiger partial charge >= 0.3 is 0 Å². The van der Waals surface area contributed by atoms with Crippen LogP contribution in [0.3, 0.4) is 0 Å². The Morgan fingerprint density at radius 1 is 0.500 bits per heavy atom. The Hall–Kier alpha value is -3.20. The minimum atomic E-state index is 1.11. The van der Waals surface area contributed by atoms with E-state index in [-0.39, 0.29) is 0 Å². The van der Waals surface area contributed by atoms with E-state index in [9.17, 15) is 0 Å². The summed E-state index contributed by atoms with van der Waals surface area (Å²) in [5, 5.41) is 7.55. The van der Waals surface area contributed by atoms with Crippen LogP contribution in [0.25, 0.3) is 56.6 Å². The number of thioether (sulfide) groups is 2. The first-order chi connectivity index (χ1) is 16.6. The number of fused-ring (bicyclic) bond motifs is 3. The summed E-state index contributed by atoms with van der Waals surface area (Å²) in [4.78, 5) is 2.55. The summed E-state index contributed by atoms with van der Waals surface area (Å²) in [6.45, 7) is 7.93. The Morgan fingerprint density at radius 2 is 0.882 bits per heavy atom. The van der Waals surface area contributed by atoms with Crippen LogP contribution in [0.15, 0.2) is 95.7 Å². The molecule has 5 rings (SSSR count). The Bertz CT molecular complexity index is 1610. The van der Waals surface area contributed by atoms with Gasteiger partial charge in [-0.05, 0) is 116 Å². The Balaban J connectivity index is 1.62. The van der Waals surface area contributed by atoms with Crippen molar-refractivity contribution in [2.45, 2.75) is 9.79 Å². The molecule has 34 heavy (non-hydrogen) atoms. The van der Waals surface area contributed by atoms with Crippen molar-refractivity contribution in [2.24, 2.45) is 0 Å². The average Bonchev–Trinajstić information content (AvgIpc) is 2.88. The van der Waals surface area contributed by atoms with E-state index in [0.29, 0.717) is 0 Å². The topological polar surface area (TPSA) is 0 Å². The van der Waals surface area contributed by atoms with Crippen molar-refractivity contribution in [2.75, 3.05) is 12.5 Å². The molecule has 0 atom stereocenters. The number of hydrogen-bond acceptors (Lipinski definition) is 2. The largest absolute Gasteiger partial charge is 0.129 e. The third kappa shape index (κ3) is 4.20. The van der Waals surface area contributed by atoms with E-state index in [2.05, 4.69) is 111 Å². The van der Waals surface area contributed by atoms with Gasteiger partial charge in [0, 0.05) is 9.79 Å². The maximum Gasteiger partial charge on any atom is 0.0148 e. The van der Waals surface area contributed by atoms with Crippen LogP contribution < -0.4 is 0 Å². The molecule has 5 aromatic rings. The summed E-state index contributed by atoms with van der Waals surface area (Å²) < 4.78 is 0. The molecule has 5 aromatic carbocycles. The molecule has 0 aromatic heterocycles. The SMILES string of the molecule is C=Cc1cc2cc(/C=C/c3cc4cc5ccccc5cc4cc3SC)c(SC)cc2cc1C=C. The average molecular weight is 475 g/mol. The van der Waals surface area contributed by atoms with Gasteiger partial charge in [0.15, 0.2) is 0 Å². The van der Waals surface area contributed by atoms with Crippen molar-refractivity contribution in [3.63, 3.8) is 0 Å². The van der Waals surface area contributed by atoms with Crippen LogP contribution in [0.4, 0.5) is 0 Å². The maximum absolute atomic E-state index is 3.97. The maximum atomic E-state index is 3.97. The van der Waals surface area contributed by atoms with Gasteiger partial charge in [-0.2, -0.15) is 0 Å². The van der Waals surface area contributed by atoms with Crippen LogP contribution in [0.2, 0.25) is 0 Å².